The molecule has 2 aromatic heterocycles. The van der Waals surface area contributed by atoms with E-state index in [2.05, 4.69) is 21.7 Å². The van der Waals surface area contributed by atoms with Crippen molar-refractivity contribution in [2.45, 2.75) is 13.3 Å². The lowest BCUT2D eigenvalue weighted by Gasteiger charge is -2.12. The molecule has 0 saturated heterocycles. The summed E-state index contributed by atoms with van der Waals surface area (Å²) in [7, 11) is 1.60. The number of hydrogen-bond donors (Lipinski definition) is 2. The van der Waals surface area contributed by atoms with E-state index >= 15 is 0 Å². The highest BCUT2D eigenvalue weighted by Crippen LogP contribution is 2.27. The number of anilines is 1. The van der Waals surface area contributed by atoms with Crippen molar-refractivity contribution in [1.82, 2.24) is 14.7 Å². The topological polar surface area (TPSA) is 82.2 Å². The van der Waals surface area contributed by atoms with Crippen molar-refractivity contribution in [3.8, 4) is 6.07 Å². The van der Waals surface area contributed by atoms with Crippen LogP contribution in [-0.2, 0) is 11.2 Å². The van der Waals surface area contributed by atoms with Gasteiger partial charge in [0.1, 0.15) is 11.9 Å². The molecule has 2 N–H and O–H groups in total. The molecule has 2 heterocycles. The quantitative estimate of drug-likeness (QED) is 0.773. The van der Waals surface area contributed by atoms with Crippen molar-refractivity contribution in [3.63, 3.8) is 0 Å². The number of fused-ring (bicyclic) bond motifs is 3. The summed E-state index contributed by atoms with van der Waals surface area (Å²) in [5.74, 6) is 0.651. The van der Waals surface area contributed by atoms with Gasteiger partial charge in [0.25, 0.3) is 0 Å². The minimum Gasteiger partial charge on any atom is -0.362 e. The van der Waals surface area contributed by atoms with E-state index < -0.39 is 0 Å². The van der Waals surface area contributed by atoms with Gasteiger partial charge < -0.3 is 10.6 Å². The number of imidazole rings is 1. The molecule has 23 heavy (non-hydrogen) atoms. The monoisotopic (exact) mass is 307 g/mol. The molecular formula is C17H17N5O. The third-order valence-electron chi connectivity index (χ3n) is 3.86. The number of para-hydroxylation sites is 2. The molecule has 1 amide bonds. The van der Waals surface area contributed by atoms with Crippen molar-refractivity contribution in [2.24, 2.45) is 0 Å². The number of aromatic nitrogens is 2. The fourth-order valence-corrected chi connectivity index (χ4v) is 2.67. The highest BCUT2D eigenvalue weighted by atomic mass is 16.1. The van der Waals surface area contributed by atoms with Crippen LogP contribution >= 0.6 is 0 Å². The predicted octanol–water partition coefficient (Wildman–Crippen LogP) is 2.08. The number of benzene rings is 1. The van der Waals surface area contributed by atoms with Crippen LogP contribution in [0.25, 0.3) is 16.7 Å². The van der Waals surface area contributed by atoms with Crippen LogP contribution in [-0.4, -0.2) is 28.9 Å². The third kappa shape index (κ3) is 2.46. The van der Waals surface area contributed by atoms with Crippen LogP contribution in [0.2, 0.25) is 0 Å². The first-order valence-corrected chi connectivity index (χ1v) is 7.47. The number of carbonyl (C=O) groups excluding carboxylic acids is 1. The summed E-state index contributed by atoms with van der Waals surface area (Å²) in [4.78, 5) is 16.2. The Hall–Kier alpha value is -3.07. The number of nitrogens with zero attached hydrogens (tertiary/aromatic N) is 3. The van der Waals surface area contributed by atoms with E-state index in [1.807, 2.05) is 41.7 Å². The van der Waals surface area contributed by atoms with Gasteiger partial charge in [-0.25, -0.2) is 4.98 Å². The molecule has 3 aromatic rings. The van der Waals surface area contributed by atoms with E-state index in [-0.39, 0.29) is 12.5 Å². The molecular weight excluding hydrogens is 290 g/mol. The number of rotatable bonds is 4. The lowest BCUT2D eigenvalue weighted by atomic mass is 10.1. The normalized spacial score (nSPS) is 10.7. The van der Waals surface area contributed by atoms with Crippen LogP contribution in [0.5, 0.6) is 0 Å². The maximum Gasteiger partial charge on any atom is 0.239 e. The SMILES string of the molecule is CCc1cc(NCC(=O)NC)n2c(nc3ccccc32)c1C#N. The summed E-state index contributed by atoms with van der Waals surface area (Å²) in [5, 5.41) is 15.3. The van der Waals surface area contributed by atoms with Crippen LogP contribution in [0, 0.1) is 11.3 Å². The van der Waals surface area contributed by atoms with Crippen LogP contribution in [0.1, 0.15) is 18.1 Å². The molecule has 0 aliphatic carbocycles. The van der Waals surface area contributed by atoms with Crippen LogP contribution in [0.4, 0.5) is 5.82 Å². The molecule has 0 atom stereocenters. The van der Waals surface area contributed by atoms with E-state index in [9.17, 15) is 10.1 Å². The molecule has 3 rings (SSSR count). The molecule has 1 aromatic carbocycles. The Balaban J connectivity index is 2.29. The van der Waals surface area contributed by atoms with Crippen molar-refractivity contribution < 1.29 is 4.79 Å². The van der Waals surface area contributed by atoms with Crippen LogP contribution < -0.4 is 10.6 Å². The van der Waals surface area contributed by atoms with Gasteiger partial charge in [0.2, 0.25) is 5.91 Å². The average molecular weight is 307 g/mol. The van der Waals surface area contributed by atoms with Gasteiger partial charge in [0.05, 0.1) is 23.1 Å². The number of hydrogen-bond acceptors (Lipinski definition) is 4. The van der Waals surface area contributed by atoms with Gasteiger partial charge in [0, 0.05) is 7.05 Å². The summed E-state index contributed by atoms with van der Waals surface area (Å²) < 4.78 is 1.90. The first-order valence-electron chi connectivity index (χ1n) is 7.47. The van der Waals surface area contributed by atoms with Crippen molar-refractivity contribution >= 4 is 28.4 Å². The largest absolute Gasteiger partial charge is 0.362 e. The molecule has 0 saturated carbocycles. The van der Waals surface area contributed by atoms with Gasteiger partial charge >= 0.3 is 0 Å². The number of aryl methyl sites for hydroxylation is 1. The van der Waals surface area contributed by atoms with Crippen molar-refractivity contribution in [3.05, 3.63) is 41.5 Å². The molecule has 6 nitrogen and oxygen atoms in total. The van der Waals surface area contributed by atoms with Gasteiger partial charge in [-0.2, -0.15) is 5.26 Å². The number of nitrogens with one attached hydrogen (secondary N) is 2. The van der Waals surface area contributed by atoms with Gasteiger partial charge in [-0.15, -0.1) is 0 Å². The Morgan fingerprint density at radius 1 is 1.39 bits per heavy atom. The van der Waals surface area contributed by atoms with Crippen molar-refractivity contribution in [1.29, 1.82) is 5.26 Å². The molecule has 0 aliphatic heterocycles. The second-order valence-electron chi connectivity index (χ2n) is 5.18. The zero-order valence-corrected chi connectivity index (χ0v) is 13.1. The van der Waals surface area contributed by atoms with E-state index in [1.165, 1.54) is 0 Å². The summed E-state index contributed by atoms with van der Waals surface area (Å²) in [5.41, 5.74) is 3.83. The minimum atomic E-state index is -0.107. The predicted molar refractivity (Wildman–Crippen MR) is 89.3 cm³/mol. The summed E-state index contributed by atoms with van der Waals surface area (Å²) in [6, 6.07) is 11.9. The van der Waals surface area contributed by atoms with Gasteiger partial charge in [-0.1, -0.05) is 19.1 Å². The van der Waals surface area contributed by atoms with Crippen LogP contribution in [0.3, 0.4) is 0 Å². The van der Waals surface area contributed by atoms with E-state index in [1.54, 1.807) is 7.05 Å². The Kier molecular flexibility index (Phi) is 3.85. The summed E-state index contributed by atoms with van der Waals surface area (Å²) in [6.45, 7) is 2.16. The molecule has 0 fully saturated rings. The fraction of sp³-hybridized carbons (Fsp3) is 0.235. The lowest BCUT2D eigenvalue weighted by molar-refractivity contribution is -0.118. The molecule has 116 valence electrons. The number of carbonyl (C=O) groups is 1. The van der Waals surface area contributed by atoms with Gasteiger partial charge in [-0.3, -0.25) is 9.20 Å². The number of likely N-dealkylation sites (N-methyl/N-ethyl adjacent to an activating group) is 1. The highest BCUT2D eigenvalue weighted by molar-refractivity contribution is 5.86. The summed E-state index contributed by atoms with van der Waals surface area (Å²) in [6.07, 6.45) is 0.719. The van der Waals surface area contributed by atoms with E-state index in [0.29, 0.717) is 11.2 Å². The van der Waals surface area contributed by atoms with Crippen molar-refractivity contribution in [2.75, 3.05) is 18.9 Å². The lowest BCUT2D eigenvalue weighted by Crippen LogP contribution is -2.26. The summed E-state index contributed by atoms with van der Waals surface area (Å²) >= 11 is 0. The first kappa shape index (κ1) is 14.9. The van der Waals surface area contributed by atoms with Gasteiger partial charge in [-0.05, 0) is 30.2 Å². The molecule has 0 spiro atoms. The number of pyridine rings is 1. The standard InChI is InChI=1S/C17H17N5O/c1-3-11-8-15(20-10-16(23)19-2)22-14-7-5-4-6-13(14)21-17(22)12(11)9-18/h4-8,20H,3,10H2,1-2H3,(H,19,23). The Labute approximate surface area is 133 Å². The average Bonchev–Trinajstić information content (AvgIpc) is 2.98. The Bertz CT molecular complexity index is 935. The number of nitriles is 1. The highest BCUT2D eigenvalue weighted by Gasteiger charge is 2.16. The Morgan fingerprint density at radius 3 is 2.87 bits per heavy atom. The molecule has 0 bridgehead atoms. The zero-order chi connectivity index (χ0) is 16.4. The first-order chi connectivity index (χ1) is 11.2. The van der Waals surface area contributed by atoms with Gasteiger partial charge in [0.15, 0.2) is 5.65 Å². The fourth-order valence-electron chi connectivity index (χ4n) is 2.67. The smallest absolute Gasteiger partial charge is 0.239 e. The van der Waals surface area contributed by atoms with E-state index in [4.69, 9.17) is 0 Å². The number of amides is 1. The molecule has 0 aliphatic rings. The Morgan fingerprint density at radius 2 is 2.17 bits per heavy atom. The molecule has 0 unspecified atom stereocenters. The van der Waals surface area contributed by atoms with Crippen LogP contribution in [0.15, 0.2) is 30.3 Å². The second kappa shape index (κ2) is 5.97. The molecule has 0 radical (unpaired) electrons. The minimum absolute atomic E-state index is 0.107. The maximum atomic E-state index is 11.5. The molecule has 6 heteroatoms. The second-order valence-corrected chi connectivity index (χ2v) is 5.18. The van der Waals surface area contributed by atoms with E-state index in [0.717, 1.165) is 28.8 Å². The maximum absolute atomic E-state index is 11.5. The third-order valence-corrected chi connectivity index (χ3v) is 3.86. The zero-order valence-electron chi connectivity index (χ0n) is 13.1.